The number of alkyl halides is 3. The first-order valence-electron chi connectivity index (χ1n) is 5.20. The van der Waals surface area contributed by atoms with Crippen LogP contribution < -0.4 is 11.3 Å². The molecule has 0 aliphatic carbocycles. The minimum absolute atomic E-state index is 0.185. The van der Waals surface area contributed by atoms with Crippen LogP contribution in [0.4, 0.5) is 13.2 Å². The number of nitrogens with one attached hydrogen (secondary N) is 1. The van der Waals surface area contributed by atoms with Gasteiger partial charge in [0.25, 0.3) is 0 Å². The van der Waals surface area contributed by atoms with Crippen molar-refractivity contribution in [2.45, 2.75) is 19.1 Å². The molecule has 0 aliphatic rings. The standard InChI is InChI=1S/C11H14ClF3N2O/c1-7-2-3-8(4-9(7)12)10(17-16)5-18-6-11(13,14)15/h2-4,10,17H,5-6,16H2,1H3. The Morgan fingerprint density at radius 3 is 2.61 bits per heavy atom. The van der Waals surface area contributed by atoms with Crippen LogP contribution in [0.25, 0.3) is 0 Å². The molecule has 0 heterocycles. The molecule has 7 heteroatoms. The van der Waals surface area contributed by atoms with Crippen molar-refractivity contribution in [2.75, 3.05) is 13.2 Å². The summed E-state index contributed by atoms with van der Waals surface area (Å²) in [6.07, 6.45) is -4.34. The Kier molecular flexibility index (Phi) is 5.40. The van der Waals surface area contributed by atoms with E-state index in [0.29, 0.717) is 10.6 Å². The van der Waals surface area contributed by atoms with Crippen LogP contribution in [0, 0.1) is 6.92 Å². The lowest BCUT2D eigenvalue weighted by atomic mass is 10.1. The highest BCUT2D eigenvalue weighted by atomic mass is 35.5. The summed E-state index contributed by atoms with van der Waals surface area (Å²) in [7, 11) is 0. The molecule has 0 spiro atoms. The fourth-order valence-corrected chi connectivity index (χ4v) is 1.55. The third kappa shape index (κ3) is 4.81. The predicted molar refractivity (Wildman–Crippen MR) is 63.1 cm³/mol. The third-order valence-corrected chi connectivity index (χ3v) is 2.76. The molecule has 1 aromatic rings. The zero-order valence-corrected chi connectivity index (χ0v) is 10.5. The number of hydrogen-bond donors (Lipinski definition) is 2. The van der Waals surface area contributed by atoms with Crippen LogP contribution in [0.2, 0.25) is 5.02 Å². The summed E-state index contributed by atoms with van der Waals surface area (Å²) in [6.45, 7) is 0.345. The van der Waals surface area contributed by atoms with E-state index in [1.165, 1.54) is 0 Å². The number of aryl methyl sites for hydroxylation is 1. The smallest absolute Gasteiger partial charge is 0.370 e. The van der Waals surface area contributed by atoms with Crippen LogP contribution in [0.3, 0.4) is 0 Å². The molecule has 0 aliphatic heterocycles. The lowest BCUT2D eigenvalue weighted by molar-refractivity contribution is -0.175. The molecule has 0 saturated heterocycles. The summed E-state index contributed by atoms with van der Waals surface area (Å²) in [4.78, 5) is 0. The van der Waals surface area contributed by atoms with Gasteiger partial charge in [-0.05, 0) is 24.1 Å². The van der Waals surface area contributed by atoms with Crippen LogP contribution in [0.1, 0.15) is 17.2 Å². The maximum Gasteiger partial charge on any atom is 0.411 e. The number of benzene rings is 1. The number of hydrogen-bond acceptors (Lipinski definition) is 3. The van der Waals surface area contributed by atoms with Crippen molar-refractivity contribution in [1.29, 1.82) is 0 Å². The molecule has 18 heavy (non-hydrogen) atoms. The molecule has 0 aromatic heterocycles. The van der Waals surface area contributed by atoms with Crippen molar-refractivity contribution >= 4 is 11.6 Å². The Balaban J connectivity index is 2.63. The molecular weight excluding hydrogens is 269 g/mol. The fourth-order valence-electron chi connectivity index (χ4n) is 1.36. The first-order valence-corrected chi connectivity index (χ1v) is 5.58. The molecule has 0 saturated carbocycles. The van der Waals surface area contributed by atoms with Gasteiger partial charge in [-0.2, -0.15) is 13.2 Å². The summed E-state index contributed by atoms with van der Waals surface area (Å²) >= 11 is 5.93. The van der Waals surface area contributed by atoms with E-state index in [9.17, 15) is 13.2 Å². The van der Waals surface area contributed by atoms with Gasteiger partial charge in [-0.1, -0.05) is 23.7 Å². The van der Waals surface area contributed by atoms with Gasteiger partial charge in [0.1, 0.15) is 6.61 Å². The molecule has 3 nitrogen and oxygen atoms in total. The van der Waals surface area contributed by atoms with E-state index in [1.807, 2.05) is 6.92 Å². The zero-order chi connectivity index (χ0) is 13.8. The molecule has 1 atom stereocenters. The number of hydrazine groups is 1. The largest absolute Gasteiger partial charge is 0.411 e. The molecule has 0 fully saturated rings. The van der Waals surface area contributed by atoms with Crippen LogP contribution in [-0.4, -0.2) is 19.4 Å². The quantitative estimate of drug-likeness (QED) is 0.645. The maximum atomic E-state index is 11.9. The van der Waals surface area contributed by atoms with E-state index in [1.54, 1.807) is 18.2 Å². The second-order valence-corrected chi connectivity index (χ2v) is 4.27. The number of rotatable bonds is 5. The van der Waals surface area contributed by atoms with Crippen molar-refractivity contribution in [3.63, 3.8) is 0 Å². The van der Waals surface area contributed by atoms with E-state index in [2.05, 4.69) is 10.2 Å². The van der Waals surface area contributed by atoms with Crippen LogP contribution in [0.5, 0.6) is 0 Å². The van der Waals surface area contributed by atoms with E-state index < -0.39 is 18.8 Å². The Bertz CT molecular complexity index is 398. The van der Waals surface area contributed by atoms with Crippen molar-refractivity contribution < 1.29 is 17.9 Å². The van der Waals surface area contributed by atoms with E-state index in [4.69, 9.17) is 17.4 Å². The van der Waals surface area contributed by atoms with Crippen molar-refractivity contribution in [1.82, 2.24) is 5.43 Å². The molecule has 0 bridgehead atoms. The van der Waals surface area contributed by atoms with E-state index in [0.717, 1.165) is 5.56 Å². The maximum absolute atomic E-state index is 11.9. The van der Waals surface area contributed by atoms with Gasteiger partial charge >= 0.3 is 6.18 Å². The minimum Gasteiger partial charge on any atom is -0.370 e. The highest BCUT2D eigenvalue weighted by Gasteiger charge is 2.28. The highest BCUT2D eigenvalue weighted by molar-refractivity contribution is 6.31. The predicted octanol–water partition coefficient (Wildman–Crippen LogP) is 2.73. The zero-order valence-electron chi connectivity index (χ0n) is 9.72. The van der Waals surface area contributed by atoms with Crippen molar-refractivity contribution in [3.05, 3.63) is 34.3 Å². The number of nitrogens with two attached hydrogens (primary N) is 1. The Morgan fingerprint density at radius 2 is 2.11 bits per heavy atom. The first-order chi connectivity index (χ1) is 8.33. The number of halogens is 4. The second kappa shape index (κ2) is 6.38. The van der Waals surface area contributed by atoms with E-state index in [-0.39, 0.29) is 6.61 Å². The topological polar surface area (TPSA) is 47.3 Å². The fraction of sp³-hybridized carbons (Fsp3) is 0.455. The van der Waals surface area contributed by atoms with Gasteiger partial charge < -0.3 is 4.74 Å². The lowest BCUT2D eigenvalue weighted by Crippen LogP contribution is -2.32. The SMILES string of the molecule is Cc1ccc(C(COCC(F)(F)F)NN)cc1Cl. The van der Waals surface area contributed by atoms with Gasteiger partial charge in [-0.3, -0.25) is 11.3 Å². The Morgan fingerprint density at radius 1 is 1.44 bits per heavy atom. The summed E-state index contributed by atoms with van der Waals surface area (Å²) < 4.78 is 40.4. The minimum atomic E-state index is -4.34. The Labute approximate surface area is 108 Å². The molecule has 1 aromatic carbocycles. The molecule has 1 rings (SSSR count). The molecule has 0 amide bonds. The monoisotopic (exact) mass is 282 g/mol. The summed E-state index contributed by atoms with van der Waals surface area (Å²) in [5, 5.41) is 0.531. The summed E-state index contributed by atoms with van der Waals surface area (Å²) in [5.41, 5.74) is 3.96. The van der Waals surface area contributed by atoms with E-state index >= 15 is 0 Å². The van der Waals surface area contributed by atoms with Gasteiger partial charge in [-0.25, -0.2) is 0 Å². The van der Waals surface area contributed by atoms with Crippen molar-refractivity contribution in [3.8, 4) is 0 Å². The molecular formula is C11H14ClF3N2O. The molecule has 102 valence electrons. The highest BCUT2D eigenvalue weighted by Crippen LogP contribution is 2.22. The van der Waals surface area contributed by atoms with Crippen LogP contribution in [0.15, 0.2) is 18.2 Å². The van der Waals surface area contributed by atoms with Gasteiger partial charge in [0.15, 0.2) is 0 Å². The van der Waals surface area contributed by atoms with Gasteiger partial charge in [0, 0.05) is 5.02 Å². The van der Waals surface area contributed by atoms with Gasteiger partial charge in [0.05, 0.1) is 12.6 Å². The third-order valence-electron chi connectivity index (χ3n) is 2.35. The van der Waals surface area contributed by atoms with Crippen LogP contribution >= 0.6 is 11.6 Å². The van der Waals surface area contributed by atoms with Gasteiger partial charge in [0.2, 0.25) is 0 Å². The molecule has 3 N–H and O–H groups in total. The Hall–Kier alpha value is -0.820. The molecule has 0 radical (unpaired) electrons. The van der Waals surface area contributed by atoms with Gasteiger partial charge in [-0.15, -0.1) is 0 Å². The lowest BCUT2D eigenvalue weighted by Gasteiger charge is -2.18. The summed E-state index contributed by atoms with van der Waals surface area (Å²) in [5.74, 6) is 5.29. The normalized spacial score (nSPS) is 13.7. The second-order valence-electron chi connectivity index (χ2n) is 3.86. The van der Waals surface area contributed by atoms with Crippen LogP contribution in [-0.2, 0) is 4.74 Å². The van der Waals surface area contributed by atoms with Crippen molar-refractivity contribution in [2.24, 2.45) is 5.84 Å². The first kappa shape index (κ1) is 15.2. The summed E-state index contributed by atoms with van der Waals surface area (Å²) in [6, 6.07) is 4.62. The average molecular weight is 283 g/mol. The molecule has 1 unspecified atom stereocenters. The number of ether oxygens (including phenoxy) is 1. The average Bonchev–Trinajstić information content (AvgIpc) is 2.27.